The lowest BCUT2D eigenvalue weighted by Gasteiger charge is -2.36. The Balaban J connectivity index is 1.35. The standard InChI is InChI=1S/C21H20Cl2N4O3/c1-13(30-19-5-3-15(22)11-16(19)23)20(28)26-6-8-27(9-7-26)21(29)14-2-4-17-18(10-14)25-12-24-17/h2-5,10-13H,6-9H2,1H3,(H,24,25). The highest BCUT2D eigenvalue weighted by Gasteiger charge is 2.28. The number of nitrogens with zero attached hydrogens (tertiary/aromatic N) is 3. The zero-order valence-corrected chi connectivity index (χ0v) is 17.8. The number of carbonyl (C=O) groups is 2. The third kappa shape index (κ3) is 4.22. The monoisotopic (exact) mass is 446 g/mol. The Hall–Kier alpha value is -2.77. The number of ether oxygens (including phenoxy) is 1. The molecule has 156 valence electrons. The zero-order chi connectivity index (χ0) is 21.3. The number of rotatable bonds is 4. The molecule has 0 bridgehead atoms. The summed E-state index contributed by atoms with van der Waals surface area (Å²) in [6, 6.07) is 10.3. The summed E-state index contributed by atoms with van der Waals surface area (Å²) in [6.45, 7) is 3.49. The topological polar surface area (TPSA) is 78.5 Å². The van der Waals surface area contributed by atoms with Crippen molar-refractivity contribution in [1.82, 2.24) is 19.8 Å². The Kier molecular flexibility index (Phi) is 5.83. The number of nitrogens with one attached hydrogen (secondary N) is 1. The summed E-state index contributed by atoms with van der Waals surface area (Å²) in [4.78, 5) is 36.2. The number of amides is 2. The van der Waals surface area contributed by atoms with Crippen LogP contribution in [0.1, 0.15) is 17.3 Å². The molecule has 0 saturated carbocycles. The predicted molar refractivity (Wildman–Crippen MR) is 115 cm³/mol. The van der Waals surface area contributed by atoms with Crippen LogP contribution in [0.5, 0.6) is 5.75 Å². The van der Waals surface area contributed by atoms with Crippen molar-refractivity contribution in [1.29, 1.82) is 0 Å². The van der Waals surface area contributed by atoms with Gasteiger partial charge in [-0.2, -0.15) is 0 Å². The third-order valence-electron chi connectivity index (χ3n) is 5.09. The van der Waals surface area contributed by atoms with E-state index in [2.05, 4.69) is 9.97 Å². The molecule has 9 heteroatoms. The lowest BCUT2D eigenvalue weighted by Crippen LogP contribution is -2.53. The first-order chi connectivity index (χ1) is 14.4. The number of piperazine rings is 1. The molecule has 1 aliphatic heterocycles. The van der Waals surface area contributed by atoms with Crippen LogP contribution in [0.25, 0.3) is 11.0 Å². The van der Waals surface area contributed by atoms with Crippen molar-refractivity contribution in [2.75, 3.05) is 26.2 Å². The molecule has 1 N–H and O–H groups in total. The van der Waals surface area contributed by atoms with E-state index in [4.69, 9.17) is 27.9 Å². The van der Waals surface area contributed by atoms with Crippen LogP contribution in [0.4, 0.5) is 0 Å². The Labute approximate surface area is 183 Å². The van der Waals surface area contributed by atoms with E-state index in [-0.39, 0.29) is 11.8 Å². The van der Waals surface area contributed by atoms with Crippen LogP contribution >= 0.6 is 23.2 Å². The van der Waals surface area contributed by atoms with Gasteiger partial charge in [-0.05, 0) is 43.3 Å². The molecule has 0 spiro atoms. The molecule has 1 atom stereocenters. The quantitative estimate of drug-likeness (QED) is 0.663. The third-order valence-corrected chi connectivity index (χ3v) is 5.62. The Morgan fingerprint density at radius 1 is 1.07 bits per heavy atom. The number of aromatic nitrogens is 2. The molecule has 2 amide bonds. The first kappa shape index (κ1) is 20.5. The minimum absolute atomic E-state index is 0.0594. The van der Waals surface area contributed by atoms with Crippen LogP contribution in [-0.2, 0) is 4.79 Å². The van der Waals surface area contributed by atoms with E-state index in [1.807, 2.05) is 6.07 Å². The second-order valence-corrected chi connectivity index (χ2v) is 7.93. The smallest absolute Gasteiger partial charge is 0.263 e. The molecule has 3 aromatic rings. The molecule has 1 fully saturated rings. The van der Waals surface area contributed by atoms with E-state index in [1.54, 1.807) is 53.4 Å². The van der Waals surface area contributed by atoms with Gasteiger partial charge < -0.3 is 19.5 Å². The minimum atomic E-state index is -0.700. The van der Waals surface area contributed by atoms with E-state index in [0.717, 1.165) is 11.0 Å². The normalized spacial score (nSPS) is 15.3. The number of aromatic amines is 1. The molecule has 30 heavy (non-hydrogen) atoms. The highest BCUT2D eigenvalue weighted by atomic mass is 35.5. The second-order valence-electron chi connectivity index (χ2n) is 7.09. The predicted octanol–water partition coefficient (Wildman–Crippen LogP) is 3.62. The molecule has 1 saturated heterocycles. The largest absolute Gasteiger partial charge is 0.479 e. The maximum Gasteiger partial charge on any atom is 0.263 e. The lowest BCUT2D eigenvalue weighted by atomic mass is 10.1. The van der Waals surface area contributed by atoms with Gasteiger partial charge in [0.2, 0.25) is 0 Å². The van der Waals surface area contributed by atoms with E-state index in [0.29, 0.717) is 47.5 Å². The fourth-order valence-electron chi connectivity index (χ4n) is 3.45. The van der Waals surface area contributed by atoms with E-state index in [9.17, 15) is 9.59 Å². The molecule has 4 rings (SSSR count). The molecule has 1 unspecified atom stereocenters. The fourth-order valence-corrected chi connectivity index (χ4v) is 3.90. The van der Waals surface area contributed by atoms with Gasteiger partial charge in [-0.25, -0.2) is 4.98 Å². The Bertz CT molecular complexity index is 1090. The SMILES string of the molecule is CC(Oc1ccc(Cl)cc1Cl)C(=O)N1CCN(C(=O)c2ccc3nc[nH]c3c2)CC1. The van der Waals surface area contributed by atoms with Gasteiger partial charge in [-0.1, -0.05) is 23.2 Å². The summed E-state index contributed by atoms with van der Waals surface area (Å²) in [5.74, 6) is 0.202. The van der Waals surface area contributed by atoms with Crippen molar-refractivity contribution < 1.29 is 14.3 Å². The first-order valence-electron chi connectivity index (χ1n) is 9.55. The van der Waals surface area contributed by atoms with Crippen LogP contribution in [0, 0.1) is 0 Å². The number of benzene rings is 2. The summed E-state index contributed by atoms with van der Waals surface area (Å²) in [7, 11) is 0. The summed E-state index contributed by atoms with van der Waals surface area (Å²) in [5.41, 5.74) is 2.24. The fraction of sp³-hybridized carbons (Fsp3) is 0.286. The van der Waals surface area contributed by atoms with E-state index >= 15 is 0 Å². The first-order valence-corrected chi connectivity index (χ1v) is 10.3. The number of halogens is 2. The van der Waals surface area contributed by atoms with Gasteiger partial charge in [0.1, 0.15) is 5.75 Å². The summed E-state index contributed by atoms with van der Waals surface area (Å²) in [6.07, 6.45) is 0.901. The average Bonchev–Trinajstić information content (AvgIpc) is 3.22. The van der Waals surface area contributed by atoms with Crippen LogP contribution in [0.15, 0.2) is 42.7 Å². The molecule has 0 radical (unpaired) electrons. The molecule has 0 aliphatic carbocycles. The minimum Gasteiger partial charge on any atom is -0.479 e. The zero-order valence-electron chi connectivity index (χ0n) is 16.3. The molecular formula is C21H20Cl2N4O3. The van der Waals surface area contributed by atoms with Crippen LogP contribution in [-0.4, -0.2) is 63.9 Å². The van der Waals surface area contributed by atoms with Crippen molar-refractivity contribution >= 4 is 46.0 Å². The molecule has 1 aromatic heterocycles. The molecule has 7 nitrogen and oxygen atoms in total. The van der Waals surface area contributed by atoms with Gasteiger partial charge >= 0.3 is 0 Å². The van der Waals surface area contributed by atoms with E-state index in [1.165, 1.54) is 0 Å². The maximum absolute atomic E-state index is 12.8. The van der Waals surface area contributed by atoms with Gasteiger partial charge in [-0.3, -0.25) is 9.59 Å². The number of hydrogen-bond donors (Lipinski definition) is 1. The van der Waals surface area contributed by atoms with Gasteiger partial charge in [0.05, 0.1) is 22.4 Å². The van der Waals surface area contributed by atoms with Crippen molar-refractivity contribution in [2.45, 2.75) is 13.0 Å². The molecule has 1 aliphatic rings. The lowest BCUT2D eigenvalue weighted by molar-refractivity contribution is -0.139. The summed E-state index contributed by atoms with van der Waals surface area (Å²) < 4.78 is 5.72. The number of carbonyl (C=O) groups excluding carboxylic acids is 2. The van der Waals surface area contributed by atoms with Crippen molar-refractivity contribution in [2.24, 2.45) is 0 Å². The van der Waals surface area contributed by atoms with Crippen LogP contribution < -0.4 is 4.74 Å². The van der Waals surface area contributed by atoms with Gasteiger partial charge in [0, 0.05) is 36.8 Å². The van der Waals surface area contributed by atoms with Crippen LogP contribution in [0.2, 0.25) is 10.0 Å². The molecule has 2 heterocycles. The number of H-pyrrole nitrogens is 1. The summed E-state index contributed by atoms with van der Waals surface area (Å²) in [5, 5.41) is 0.852. The number of hydrogen-bond acceptors (Lipinski definition) is 4. The maximum atomic E-state index is 12.8. The second kappa shape index (κ2) is 8.53. The molecule has 2 aromatic carbocycles. The van der Waals surface area contributed by atoms with Crippen LogP contribution in [0.3, 0.4) is 0 Å². The summed E-state index contributed by atoms with van der Waals surface area (Å²) >= 11 is 12.0. The van der Waals surface area contributed by atoms with Gasteiger partial charge in [-0.15, -0.1) is 0 Å². The highest BCUT2D eigenvalue weighted by molar-refractivity contribution is 6.35. The van der Waals surface area contributed by atoms with Crippen molar-refractivity contribution in [3.63, 3.8) is 0 Å². The Morgan fingerprint density at radius 3 is 2.53 bits per heavy atom. The Morgan fingerprint density at radius 2 is 1.80 bits per heavy atom. The van der Waals surface area contributed by atoms with Gasteiger partial charge in [0.15, 0.2) is 6.10 Å². The number of imidazole rings is 1. The number of fused-ring (bicyclic) bond motifs is 1. The van der Waals surface area contributed by atoms with Crippen molar-refractivity contribution in [3.05, 3.63) is 58.3 Å². The highest BCUT2D eigenvalue weighted by Crippen LogP contribution is 2.28. The van der Waals surface area contributed by atoms with E-state index < -0.39 is 6.10 Å². The molecular weight excluding hydrogens is 427 g/mol. The average molecular weight is 447 g/mol. The van der Waals surface area contributed by atoms with Crippen molar-refractivity contribution in [3.8, 4) is 5.75 Å². The van der Waals surface area contributed by atoms with Gasteiger partial charge in [0.25, 0.3) is 11.8 Å².